The summed E-state index contributed by atoms with van der Waals surface area (Å²) in [5.41, 5.74) is 2.48. The lowest BCUT2D eigenvalue weighted by Crippen LogP contribution is -2.48. The number of nitrogens with one attached hydrogen (secondary N) is 1. The highest BCUT2D eigenvalue weighted by atomic mass is 35.5. The molecule has 1 N–H and O–H groups in total. The Morgan fingerprint density at radius 2 is 1.67 bits per heavy atom. The van der Waals surface area contributed by atoms with Gasteiger partial charge in [-0.15, -0.1) is 0 Å². The zero-order valence-corrected chi connectivity index (χ0v) is 12.5. The van der Waals surface area contributed by atoms with Gasteiger partial charge >= 0.3 is 5.97 Å². The van der Waals surface area contributed by atoms with Gasteiger partial charge in [-0.05, 0) is 35.4 Å². The molecule has 0 fully saturated rings. The van der Waals surface area contributed by atoms with E-state index in [0.717, 1.165) is 5.69 Å². The van der Waals surface area contributed by atoms with Crippen molar-refractivity contribution in [3.63, 3.8) is 0 Å². The summed E-state index contributed by atoms with van der Waals surface area (Å²) in [5, 5.41) is 4.01. The Morgan fingerprint density at radius 1 is 1.10 bits per heavy atom. The number of carbonyl (C=O) groups is 1. The van der Waals surface area contributed by atoms with Gasteiger partial charge in [0.1, 0.15) is 5.54 Å². The standard InChI is InChI=1S/C17H16ClNO2/c1-21-16(20)17(19-15-8-6-14(18)7-9-15)10-12-4-2-3-5-13(12)11-17/h2-9,19H,10-11H2,1H3. The fourth-order valence-corrected chi connectivity index (χ4v) is 3.03. The topological polar surface area (TPSA) is 38.3 Å². The maximum Gasteiger partial charge on any atom is 0.332 e. The monoisotopic (exact) mass is 301 g/mol. The van der Waals surface area contributed by atoms with Crippen LogP contribution in [0.3, 0.4) is 0 Å². The fourth-order valence-electron chi connectivity index (χ4n) is 2.90. The van der Waals surface area contributed by atoms with Crippen LogP contribution in [0.1, 0.15) is 11.1 Å². The quantitative estimate of drug-likeness (QED) is 0.882. The summed E-state index contributed by atoms with van der Waals surface area (Å²) in [4.78, 5) is 12.4. The molecule has 4 heteroatoms. The van der Waals surface area contributed by atoms with Crippen LogP contribution in [0, 0.1) is 0 Å². The number of esters is 1. The summed E-state index contributed by atoms with van der Waals surface area (Å²) < 4.78 is 5.04. The number of anilines is 1. The molecule has 0 aromatic heterocycles. The van der Waals surface area contributed by atoms with Crippen molar-refractivity contribution in [2.45, 2.75) is 18.4 Å². The molecule has 0 aliphatic heterocycles. The van der Waals surface area contributed by atoms with Crippen LogP contribution in [0.25, 0.3) is 0 Å². The van der Waals surface area contributed by atoms with Crippen molar-refractivity contribution in [1.29, 1.82) is 0 Å². The molecule has 0 heterocycles. The summed E-state index contributed by atoms with van der Waals surface area (Å²) in [6.45, 7) is 0. The van der Waals surface area contributed by atoms with Crippen molar-refractivity contribution >= 4 is 23.3 Å². The van der Waals surface area contributed by atoms with Gasteiger partial charge < -0.3 is 10.1 Å². The summed E-state index contributed by atoms with van der Waals surface area (Å²) in [5.74, 6) is -0.242. The van der Waals surface area contributed by atoms with E-state index in [1.54, 1.807) is 12.1 Å². The zero-order valence-electron chi connectivity index (χ0n) is 11.7. The summed E-state index contributed by atoms with van der Waals surface area (Å²) >= 11 is 5.91. The molecule has 2 aromatic rings. The van der Waals surface area contributed by atoms with Crippen LogP contribution >= 0.6 is 11.6 Å². The molecular formula is C17H16ClNO2. The number of hydrogen-bond donors (Lipinski definition) is 1. The molecule has 0 bridgehead atoms. The second-order valence-corrected chi connectivity index (χ2v) is 5.76. The molecule has 3 nitrogen and oxygen atoms in total. The van der Waals surface area contributed by atoms with Gasteiger partial charge in [-0.3, -0.25) is 0 Å². The Kier molecular flexibility index (Phi) is 3.60. The summed E-state index contributed by atoms with van der Waals surface area (Å²) in [6, 6.07) is 15.5. The number of methoxy groups -OCH3 is 1. The number of ether oxygens (including phenoxy) is 1. The van der Waals surface area contributed by atoms with Gasteiger partial charge in [-0.2, -0.15) is 0 Å². The Bertz CT molecular complexity index is 642. The predicted molar refractivity (Wildman–Crippen MR) is 83.7 cm³/mol. The molecule has 0 saturated carbocycles. The smallest absolute Gasteiger partial charge is 0.332 e. The van der Waals surface area contributed by atoms with E-state index in [0.29, 0.717) is 17.9 Å². The average Bonchev–Trinajstić information content (AvgIpc) is 2.88. The van der Waals surface area contributed by atoms with Gasteiger partial charge in [0.25, 0.3) is 0 Å². The number of fused-ring (bicyclic) bond motifs is 1. The van der Waals surface area contributed by atoms with Gasteiger partial charge in [0.05, 0.1) is 7.11 Å². The third kappa shape index (κ3) is 2.61. The van der Waals surface area contributed by atoms with E-state index in [2.05, 4.69) is 17.4 Å². The highest BCUT2D eigenvalue weighted by Crippen LogP contribution is 2.34. The first kappa shape index (κ1) is 14.0. The molecule has 0 amide bonds. The molecule has 1 aliphatic carbocycles. The Hall–Kier alpha value is -2.00. The fraction of sp³-hybridized carbons (Fsp3) is 0.235. The van der Waals surface area contributed by atoms with Crippen LogP contribution in [-0.4, -0.2) is 18.6 Å². The predicted octanol–water partition coefficient (Wildman–Crippen LogP) is 3.46. The van der Waals surface area contributed by atoms with Crippen LogP contribution in [0.4, 0.5) is 5.69 Å². The number of rotatable bonds is 3. The maximum absolute atomic E-state index is 12.4. The van der Waals surface area contributed by atoms with Gasteiger partial charge in [0, 0.05) is 23.6 Å². The SMILES string of the molecule is COC(=O)C1(Nc2ccc(Cl)cc2)Cc2ccccc2C1. The molecule has 21 heavy (non-hydrogen) atoms. The van der Waals surface area contributed by atoms with Crippen LogP contribution in [-0.2, 0) is 22.4 Å². The van der Waals surface area contributed by atoms with Crippen molar-refractivity contribution < 1.29 is 9.53 Å². The second kappa shape index (κ2) is 5.41. The molecule has 0 saturated heterocycles. The minimum absolute atomic E-state index is 0.242. The molecule has 108 valence electrons. The third-order valence-electron chi connectivity index (χ3n) is 3.91. The zero-order chi connectivity index (χ0) is 14.9. The van der Waals surface area contributed by atoms with Crippen molar-refractivity contribution in [3.05, 3.63) is 64.7 Å². The largest absolute Gasteiger partial charge is 0.467 e. The van der Waals surface area contributed by atoms with Crippen molar-refractivity contribution in [2.24, 2.45) is 0 Å². The van der Waals surface area contributed by atoms with E-state index in [9.17, 15) is 4.79 Å². The minimum Gasteiger partial charge on any atom is -0.467 e. The summed E-state index contributed by atoms with van der Waals surface area (Å²) in [7, 11) is 1.43. The lowest BCUT2D eigenvalue weighted by molar-refractivity contribution is -0.145. The lowest BCUT2D eigenvalue weighted by atomic mass is 9.95. The van der Waals surface area contributed by atoms with Crippen LogP contribution in [0.2, 0.25) is 5.02 Å². The molecule has 2 aromatic carbocycles. The minimum atomic E-state index is -0.744. The molecule has 0 spiro atoms. The Morgan fingerprint density at radius 3 is 2.19 bits per heavy atom. The first-order chi connectivity index (χ1) is 10.1. The van der Waals surface area contributed by atoms with E-state index in [-0.39, 0.29) is 5.97 Å². The van der Waals surface area contributed by atoms with Crippen LogP contribution in [0.5, 0.6) is 0 Å². The first-order valence-corrected chi connectivity index (χ1v) is 7.20. The van der Waals surface area contributed by atoms with E-state index in [1.165, 1.54) is 18.2 Å². The van der Waals surface area contributed by atoms with Crippen LogP contribution in [0.15, 0.2) is 48.5 Å². The molecule has 0 unspecified atom stereocenters. The van der Waals surface area contributed by atoms with Gasteiger partial charge in [-0.25, -0.2) is 4.79 Å². The molecular weight excluding hydrogens is 286 g/mol. The highest BCUT2D eigenvalue weighted by molar-refractivity contribution is 6.30. The van der Waals surface area contributed by atoms with E-state index in [4.69, 9.17) is 16.3 Å². The normalized spacial score (nSPS) is 15.3. The lowest BCUT2D eigenvalue weighted by Gasteiger charge is -2.28. The molecule has 0 atom stereocenters. The van der Waals surface area contributed by atoms with Gasteiger partial charge in [0.2, 0.25) is 0 Å². The van der Waals surface area contributed by atoms with Crippen molar-refractivity contribution in [2.75, 3.05) is 12.4 Å². The molecule has 0 radical (unpaired) electrons. The van der Waals surface area contributed by atoms with E-state index >= 15 is 0 Å². The van der Waals surface area contributed by atoms with Crippen LogP contribution < -0.4 is 5.32 Å². The first-order valence-electron chi connectivity index (χ1n) is 6.82. The average molecular weight is 302 g/mol. The number of halogens is 1. The Balaban J connectivity index is 1.93. The maximum atomic E-state index is 12.4. The molecule has 3 rings (SSSR count). The second-order valence-electron chi connectivity index (χ2n) is 5.33. The van der Waals surface area contributed by atoms with E-state index < -0.39 is 5.54 Å². The number of carbonyl (C=O) groups excluding carboxylic acids is 1. The van der Waals surface area contributed by atoms with Gasteiger partial charge in [0.15, 0.2) is 0 Å². The van der Waals surface area contributed by atoms with E-state index in [1.807, 2.05) is 24.3 Å². The Labute approximate surface area is 128 Å². The van der Waals surface area contributed by atoms with Gasteiger partial charge in [-0.1, -0.05) is 35.9 Å². The molecule has 1 aliphatic rings. The summed E-state index contributed by atoms with van der Waals surface area (Å²) in [6.07, 6.45) is 1.25. The highest BCUT2D eigenvalue weighted by Gasteiger charge is 2.44. The van der Waals surface area contributed by atoms with Crippen molar-refractivity contribution in [1.82, 2.24) is 0 Å². The van der Waals surface area contributed by atoms with Crippen molar-refractivity contribution in [3.8, 4) is 0 Å². The third-order valence-corrected chi connectivity index (χ3v) is 4.16. The number of hydrogen-bond acceptors (Lipinski definition) is 3. The number of benzene rings is 2.